The highest BCUT2D eigenvalue weighted by Gasteiger charge is 2.37. The lowest BCUT2D eigenvalue weighted by Crippen LogP contribution is -2.33. The molecule has 0 N–H and O–H groups in total. The molecule has 8 aromatic carbocycles. The minimum Gasteiger partial charge on any atom is -0.310 e. The van der Waals surface area contributed by atoms with E-state index in [1.807, 2.05) is 32.1 Å². The normalized spacial score (nSPS) is 13.2. The summed E-state index contributed by atoms with van der Waals surface area (Å²) in [5, 5.41) is 5.77. The van der Waals surface area contributed by atoms with Gasteiger partial charge in [0.1, 0.15) is 0 Å². The van der Waals surface area contributed by atoms with Gasteiger partial charge in [0.15, 0.2) is 0 Å². The third-order valence-electron chi connectivity index (χ3n) is 12.5. The van der Waals surface area contributed by atoms with Crippen molar-refractivity contribution in [1.82, 2.24) is 14.5 Å². The Morgan fingerprint density at radius 3 is 1.95 bits per heavy atom. The third kappa shape index (κ3) is 6.37. The van der Waals surface area contributed by atoms with Crippen LogP contribution in [0, 0.1) is 0 Å². The molecule has 0 atom stereocenters. The molecule has 0 unspecified atom stereocenters. The fraction of sp³-hybridized carbons (Fsp3) is 0.0847. The van der Waals surface area contributed by atoms with Crippen LogP contribution in [0.3, 0.4) is 0 Å². The first-order valence-corrected chi connectivity index (χ1v) is 21.8. The molecule has 1 aliphatic rings. The molecule has 4 heteroatoms. The molecular formula is C59H48N4. The van der Waals surface area contributed by atoms with Gasteiger partial charge in [0.2, 0.25) is 5.95 Å². The van der Waals surface area contributed by atoms with Gasteiger partial charge in [-0.2, -0.15) is 0 Å². The summed E-state index contributed by atoms with van der Waals surface area (Å²) in [5.41, 5.74) is 15.0. The Labute approximate surface area is 369 Å². The maximum atomic E-state index is 5.38. The molecule has 0 bridgehead atoms. The van der Waals surface area contributed by atoms with Crippen LogP contribution in [0.2, 0.25) is 0 Å². The van der Waals surface area contributed by atoms with Crippen LogP contribution in [-0.2, 0) is 5.41 Å². The number of para-hydroxylation sites is 2. The smallest absolute Gasteiger partial charge is 0.235 e. The van der Waals surface area contributed by atoms with E-state index in [1.54, 1.807) is 0 Å². The quantitative estimate of drug-likeness (QED) is 0.161. The summed E-state index contributed by atoms with van der Waals surface area (Å²) in [5.74, 6) is 0.646. The molecule has 0 spiro atoms. The second-order valence-corrected chi connectivity index (χ2v) is 16.3. The molecule has 0 amide bonds. The van der Waals surface area contributed by atoms with Crippen molar-refractivity contribution in [3.05, 3.63) is 224 Å². The van der Waals surface area contributed by atoms with E-state index in [0.717, 1.165) is 78.1 Å². The fourth-order valence-electron chi connectivity index (χ4n) is 9.67. The Balaban J connectivity index is 0.00000232. The van der Waals surface area contributed by atoms with Gasteiger partial charge in [-0.3, -0.25) is 4.57 Å². The summed E-state index contributed by atoms with van der Waals surface area (Å²) >= 11 is 0. The molecule has 0 saturated carbocycles. The number of benzene rings is 8. The second-order valence-electron chi connectivity index (χ2n) is 16.3. The lowest BCUT2D eigenvalue weighted by Gasteiger charge is -2.42. The molecule has 4 nitrogen and oxygen atoms in total. The summed E-state index contributed by atoms with van der Waals surface area (Å²) in [4.78, 5) is 13.0. The van der Waals surface area contributed by atoms with Gasteiger partial charge in [-0.1, -0.05) is 180 Å². The number of anilines is 2. The van der Waals surface area contributed by atoms with E-state index >= 15 is 0 Å². The minimum atomic E-state index is -0.306. The Bertz CT molecular complexity index is 3430. The number of hydrogen-bond acceptors (Lipinski definition) is 3. The molecule has 63 heavy (non-hydrogen) atoms. The zero-order valence-electron chi connectivity index (χ0n) is 36.2. The van der Waals surface area contributed by atoms with Crippen LogP contribution < -0.4 is 4.90 Å². The van der Waals surface area contributed by atoms with E-state index in [-0.39, 0.29) is 5.41 Å². The van der Waals surface area contributed by atoms with Crippen molar-refractivity contribution in [2.75, 3.05) is 4.90 Å². The van der Waals surface area contributed by atoms with Crippen LogP contribution in [0.1, 0.15) is 33.3 Å². The highest BCUT2D eigenvalue weighted by Crippen LogP contribution is 2.50. The highest BCUT2D eigenvalue weighted by atomic mass is 15.2. The maximum Gasteiger partial charge on any atom is 0.235 e. The van der Waals surface area contributed by atoms with E-state index in [0.29, 0.717) is 5.95 Å². The summed E-state index contributed by atoms with van der Waals surface area (Å²) in [6.07, 6.45) is 3.95. The molecule has 304 valence electrons. The van der Waals surface area contributed by atoms with Gasteiger partial charge in [-0.25, -0.2) is 9.97 Å². The van der Waals surface area contributed by atoms with Crippen LogP contribution in [-0.4, -0.2) is 14.5 Å². The molecule has 3 heterocycles. The lowest BCUT2D eigenvalue weighted by molar-refractivity contribution is 0.622. The zero-order chi connectivity index (χ0) is 43.2. The molecule has 10 aromatic rings. The number of fused-ring (bicyclic) bond motifs is 7. The van der Waals surface area contributed by atoms with E-state index in [4.69, 9.17) is 9.97 Å². The average molecular weight is 813 g/mol. The van der Waals surface area contributed by atoms with Crippen molar-refractivity contribution in [2.24, 2.45) is 0 Å². The summed E-state index contributed by atoms with van der Waals surface area (Å²) < 4.78 is 2.26. The largest absolute Gasteiger partial charge is 0.310 e. The van der Waals surface area contributed by atoms with Crippen LogP contribution >= 0.6 is 0 Å². The van der Waals surface area contributed by atoms with E-state index in [9.17, 15) is 0 Å². The Hall–Kier alpha value is -7.82. The highest BCUT2D eigenvalue weighted by molar-refractivity contribution is 6.25. The van der Waals surface area contributed by atoms with Gasteiger partial charge in [-0.15, -0.1) is 0 Å². The molecular weight excluding hydrogens is 765 g/mol. The van der Waals surface area contributed by atoms with Crippen molar-refractivity contribution in [3.63, 3.8) is 0 Å². The zero-order valence-corrected chi connectivity index (χ0v) is 36.2. The molecule has 0 fully saturated rings. The summed E-state index contributed by atoms with van der Waals surface area (Å²) in [6.45, 7) is 17.1. The number of nitrogens with zero attached hydrogens (tertiary/aromatic N) is 4. The van der Waals surface area contributed by atoms with Gasteiger partial charge in [0, 0.05) is 38.5 Å². The van der Waals surface area contributed by atoms with Crippen LogP contribution in [0.4, 0.5) is 11.4 Å². The fourth-order valence-corrected chi connectivity index (χ4v) is 9.67. The molecule has 11 rings (SSSR count). The molecule has 2 aromatic heterocycles. The predicted molar refractivity (Wildman–Crippen MR) is 268 cm³/mol. The first-order valence-electron chi connectivity index (χ1n) is 21.8. The Morgan fingerprint density at radius 2 is 1.17 bits per heavy atom. The summed E-state index contributed by atoms with van der Waals surface area (Å²) in [6, 6.07) is 64.9. The SMILES string of the molecule is C=CC1=C(C=C)C(C)(C)c2cc(-c3cccc(-c4cccc5c4c4c6ccccc6ccc4n5-c4nc(-c5ccccc5)c5ccccc5n4)c3)ccc2N1c1ccccc1.CC. The second kappa shape index (κ2) is 15.9. The average Bonchev–Trinajstić information content (AvgIpc) is 3.70. The van der Waals surface area contributed by atoms with Crippen molar-refractivity contribution in [2.45, 2.75) is 33.1 Å². The van der Waals surface area contributed by atoms with E-state index in [2.05, 4.69) is 212 Å². The maximum absolute atomic E-state index is 5.38. The monoisotopic (exact) mass is 812 g/mol. The molecule has 0 radical (unpaired) electrons. The standard InChI is InChI=1S/C57H42N4.C2H6/c1-5-46-49(6-2)60(42-24-11-8-12-25-42)50-33-32-40(36-47(50)57(46,3)4)39-22-17-23-41(35-39)44-28-18-30-51-54(44)53-43-26-14-13-19-37(43)31-34-52(53)61(51)56-58-48-29-16-15-27-45(48)55(59-56)38-20-9-7-10-21-38;1-2/h5-36H,1-2H2,3-4H3;1-2H3. The van der Waals surface area contributed by atoms with Crippen molar-refractivity contribution < 1.29 is 0 Å². The van der Waals surface area contributed by atoms with Crippen molar-refractivity contribution >= 4 is 54.9 Å². The van der Waals surface area contributed by atoms with Crippen molar-refractivity contribution in [1.29, 1.82) is 0 Å². The molecule has 0 aliphatic carbocycles. The first-order chi connectivity index (χ1) is 30.9. The van der Waals surface area contributed by atoms with Gasteiger partial charge >= 0.3 is 0 Å². The van der Waals surface area contributed by atoms with Gasteiger partial charge in [0.25, 0.3) is 0 Å². The van der Waals surface area contributed by atoms with E-state index in [1.165, 1.54) is 27.1 Å². The van der Waals surface area contributed by atoms with Gasteiger partial charge in [0.05, 0.1) is 27.9 Å². The number of hydrogen-bond donors (Lipinski definition) is 0. The summed E-state index contributed by atoms with van der Waals surface area (Å²) in [7, 11) is 0. The number of aromatic nitrogens is 3. The topological polar surface area (TPSA) is 34.0 Å². The Kier molecular flexibility index (Phi) is 9.92. The Morgan fingerprint density at radius 1 is 0.524 bits per heavy atom. The van der Waals surface area contributed by atoms with Crippen LogP contribution in [0.15, 0.2) is 219 Å². The predicted octanol–water partition coefficient (Wildman–Crippen LogP) is 16.0. The van der Waals surface area contributed by atoms with E-state index < -0.39 is 0 Å². The number of rotatable bonds is 7. The third-order valence-corrected chi connectivity index (χ3v) is 12.5. The minimum absolute atomic E-state index is 0.306. The first kappa shape index (κ1) is 39.3. The van der Waals surface area contributed by atoms with Crippen molar-refractivity contribution in [3.8, 4) is 39.5 Å². The van der Waals surface area contributed by atoms with Gasteiger partial charge < -0.3 is 4.90 Å². The number of allylic oxidation sites excluding steroid dienone is 3. The molecule has 0 saturated heterocycles. The molecule has 1 aliphatic heterocycles. The van der Waals surface area contributed by atoms with Crippen LogP contribution in [0.5, 0.6) is 0 Å². The lowest BCUT2D eigenvalue weighted by atomic mass is 9.72. The van der Waals surface area contributed by atoms with Gasteiger partial charge in [-0.05, 0) is 98.8 Å². The van der Waals surface area contributed by atoms with Crippen LogP contribution in [0.25, 0.3) is 82.9 Å².